The first-order valence-electron chi connectivity index (χ1n) is 8.12. The molecule has 1 aromatic carbocycles. The minimum atomic E-state index is 0.262. The highest BCUT2D eigenvalue weighted by Crippen LogP contribution is 2.39. The van der Waals surface area contributed by atoms with E-state index in [9.17, 15) is 4.79 Å². The maximum absolute atomic E-state index is 11.0. The van der Waals surface area contributed by atoms with Gasteiger partial charge in [-0.15, -0.1) is 11.3 Å². The number of anilines is 1. The Morgan fingerprint density at radius 1 is 1.12 bits per heavy atom. The molecule has 5 nitrogen and oxygen atoms in total. The Morgan fingerprint density at radius 2 is 1.84 bits per heavy atom. The minimum absolute atomic E-state index is 0.262. The van der Waals surface area contributed by atoms with Crippen LogP contribution in [0.1, 0.15) is 5.56 Å². The Balaban J connectivity index is 1.81. The van der Waals surface area contributed by atoms with Crippen molar-refractivity contribution in [2.45, 2.75) is 6.92 Å². The van der Waals surface area contributed by atoms with Crippen LogP contribution in [0.3, 0.4) is 0 Å². The summed E-state index contributed by atoms with van der Waals surface area (Å²) in [6, 6.07) is 8.47. The summed E-state index contributed by atoms with van der Waals surface area (Å²) in [6.45, 7) is 4.94. The topological polar surface area (TPSA) is 49.3 Å². The number of benzene rings is 1. The van der Waals surface area contributed by atoms with E-state index >= 15 is 0 Å². The largest absolute Gasteiger partial charge is 0.352 e. The van der Waals surface area contributed by atoms with Gasteiger partial charge in [-0.05, 0) is 24.1 Å². The van der Waals surface area contributed by atoms with Crippen molar-refractivity contribution in [3.8, 4) is 11.1 Å². The number of thiophene rings is 1. The average molecular weight is 373 g/mol. The van der Waals surface area contributed by atoms with Crippen molar-refractivity contribution in [1.29, 1.82) is 0 Å². The number of amides is 1. The minimum Gasteiger partial charge on any atom is -0.352 e. The molecule has 3 heterocycles. The maximum atomic E-state index is 11.0. The molecule has 0 radical (unpaired) electrons. The third kappa shape index (κ3) is 3.07. The van der Waals surface area contributed by atoms with Crippen LogP contribution >= 0.6 is 22.9 Å². The summed E-state index contributed by atoms with van der Waals surface area (Å²) >= 11 is 7.75. The number of nitrogens with zero attached hydrogens (tertiary/aromatic N) is 4. The Bertz CT molecular complexity index is 917. The number of hydrogen-bond acceptors (Lipinski definition) is 5. The Kier molecular flexibility index (Phi) is 4.31. The Labute approximate surface area is 154 Å². The summed E-state index contributed by atoms with van der Waals surface area (Å²) in [4.78, 5) is 24.8. The second-order valence-electron chi connectivity index (χ2n) is 6.14. The van der Waals surface area contributed by atoms with Gasteiger partial charge in [0.25, 0.3) is 0 Å². The number of halogens is 1. The summed E-state index contributed by atoms with van der Waals surface area (Å²) in [5.41, 5.74) is 3.51. The number of aryl methyl sites for hydroxylation is 1. The highest BCUT2D eigenvalue weighted by Gasteiger charge is 2.22. The van der Waals surface area contributed by atoms with Crippen LogP contribution in [-0.4, -0.2) is 47.5 Å². The van der Waals surface area contributed by atoms with Gasteiger partial charge < -0.3 is 9.80 Å². The second kappa shape index (κ2) is 6.61. The fourth-order valence-electron chi connectivity index (χ4n) is 3.11. The van der Waals surface area contributed by atoms with E-state index in [1.54, 1.807) is 16.2 Å². The summed E-state index contributed by atoms with van der Waals surface area (Å²) in [5.74, 6) is 0.859. The van der Waals surface area contributed by atoms with Gasteiger partial charge in [-0.2, -0.15) is 4.98 Å². The van der Waals surface area contributed by atoms with Gasteiger partial charge in [-0.25, -0.2) is 4.98 Å². The highest BCUT2D eigenvalue weighted by molar-refractivity contribution is 7.17. The van der Waals surface area contributed by atoms with Crippen LogP contribution in [0.4, 0.5) is 5.82 Å². The van der Waals surface area contributed by atoms with Crippen LogP contribution in [0.2, 0.25) is 5.28 Å². The van der Waals surface area contributed by atoms with E-state index in [4.69, 9.17) is 11.6 Å². The lowest BCUT2D eigenvalue weighted by Crippen LogP contribution is -2.46. The molecule has 1 aliphatic heterocycles. The fraction of sp³-hybridized carbons (Fsp3) is 0.278. The molecule has 0 spiro atoms. The van der Waals surface area contributed by atoms with E-state index < -0.39 is 0 Å². The Morgan fingerprint density at radius 3 is 2.52 bits per heavy atom. The molecule has 1 fully saturated rings. The van der Waals surface area contributed by atoms with Crippen molar-refractivity contribution in [1.82, 2.24) is 14.9 Å². The van der Waals surface area contributed by atoms with Crippen LogP contribution in [0.15, 0.2) is 29.6 Å². The molecule has 25 heavy (non-hydrogen) atoms. The van der Waals surface area contributed by atoms with Gasteiger partial charge in [0.2, 0.25) is 11.7 Å². The SMILES string of the molecule is Cc1ccc(-c2csc3nc(Cl)nc(N4CCN(C=O)CC4)c23)cc1. The molecule has 0 unspecified atom stereocenters. The highest BCUT2D eigenvalue weighted by atomic mass is 35.5. The molecule has 3 aromatic rings. The van der Waals surface area contributed by atoms with Gasteiger partial charge in [-0.1, -0.05) is 29.8 Å². The van der Waals surface area contributed by atoms with Crippen molar-refractivity contribution in [3.63, 3.8) is 0 Å². The number of hydrogen-bond donors (Lipinski definition) is 0. The van der Waals surface area contributed by atoms with Gasteiger partial charge in [-0.3, -0.25) is 4.79 Å². The van der Waals surface area contributed by atoms with E-state index in [2.05, 4.69) is 51.4 Å². The predicted octanol–water partition coefficient (Wildman–Crippen LogP) is 3.60. The van der Waals surface area contributed by atoms with Crippen molar-refractivity contribution in [2.24, 2.45) is 0 Å². The van der Waals surface area contributed by atoms with Crippen LogP contribution in [0.5, 0.6) is 0 Å². The molecule has 0 atom stereocenters. The first-order valence-corrected chi connectivity index (χ1v) is 9.37. The molecule has 1 amide bonds. The molecule has 0 saturated carbocycles. The lowest BCUT2D eigenvalue weighted by Gasteiger charge is -2.33. The van der Waals surface area contributed by atoms with Gasteiger partial charge in [0, 0.05) is 37.1 Å². The molecule has 128 valence electrons. The number of aromatic nitrogens is 2. The molecule has 1 saturated heterocycles. The van der Waals surface area contributed by atoms with Gasteiger partial charge in [0.15, 0.2) is 0 Å². The molecule has 7 heteroatoms. The zero-order chi connectivity index (χ0) is 17.4. The molecule has 0 aliphatic carbocycles. The van der Waals surface area contributed by atoms with E-state index in [1.807, 2.05) is 0 Å². The van der Waals surface area contributed by atoms with Gasteiger partial charge in [0.05, 0.1) is 5.39 Å². The summed E-state index contributed by atoms with van der Waals surface area (Å²) in [5, 5.41) is 3.42. The van der Waals surface area contributed by atoms with Crippen LogP contribution in [0, 0.1) is 6.92 Å². The molecule has 4 rings (SSSR count). The van der Waals surface area contributed by atoms with Crippen LogP contribution in [-0.2, 0) is 4.79 Å². The molecule has 2 aromatic heterocycles. The van der Waals surface area contributed by atoms with E-state index in [-0.39, 0.29) is 5.28 Å². The number of carbonyl (C=O) groups excluding carboxylic acids is 1. The lowest BCUT2D eigenvalue weighted by atomic mass is 10.0. The third-order valence-corrected chi connectivity index (χ3v) is 5.55. The molecular weight excluding hydrogens is 356 g/mol. The standard InChI is InChI=1S/C18H17ClN4OS/c1-12-2-4-13(5-3-12)14-10-25-17-15(14)16(20-18(19)21-17)23-8-6-22(11-24)7-9-23/h2-5,10-11H,6-9H2,1H3. The monoisotopic (exact) mass is 372 g/mol. The van der Waals surface area contributed by atoms with Crippen molar-refractivity contribution in [3.05, 3.63) is 40.5 Å². The normalized spacial score (nSPS) is 15.0. The van der Waals surface area contributed by atoms with Gasteiger partial charge in [0.1, 0.15) is 10.6 Å². The summed E-state index contributed by atoms with van der Waals surface area (Å²) in [7, 11) is 0. The van der Waals surface area contributed by atoms with E-state index in [0.29, 0.717) is 13.1 Å². The summed E-state index contributed by atoms with van der Waals surface area (Å²) in [6.07, 6.45) is 0.905. The van der Waals surface area contributed by atoms with Crippen molar-refractivity contribution in [2.75, 3.05) is 31.1 Å². The smallest absolute Gasteiger partial charge is 0.225 e. The number of carbonyl (C=O) groups is 1. The van der Waals surface area contributed by atoms with Crippen molar-refractivity contribution < 1.29 is 4.79 Å². The average Bonchev–Trinajstić information content (AvgIpc) is 3.05. The molecule has 1 aliphatic rings. The quantitative estimate of drug-likeness (QED) is 0.520. The molecule has 0 N–H and O–H groups in total. The van der Waals surface area contributed by atoms with E-state index in [0.717, 1.165) is 46.7 Å². The first-order chi connectivity index (χ1) is 12.2. The maximum Gasteiger partial charge on any atom is 0.225 e. The Hall–Kier alpha value is -2.18. The molecule has 0 bridgehead atoms. The molecular formula is C18H17ClN4OS. The van der Waals surface area contributed by atoms with Crippen molar-refractivity contribution >= 4 is 45.4 Å². The zero-order valence-electron chi connectivity index (χ0n) is 13.8. The predicted molar refractivity (Wildman–Crippen MR) is 102 cm³/mol. The zero-order valence-corrected chi connectivity index (χ0v) is 15.3. The number of rotatable bonds is 3. The lowest BCUT2D eigenvalue weighted by molar-refractivity contribution is -0.118. The van der Waals surface area contributed by atoms with E-state index in [1.165, 1.54) is 5.56 Å². The number of piperazine rings is 1. The van der Waals surface area contributed by atoms with Crippen LogP contribution in [0.25, 0.3) is 21.3 Å². The summed E-state index contributed by atoms with van der Waals surface area (Å²) < 4.78 is 0. The van der Waals surface area contributed by atoms with Gasteiger partial charge >= 0.3 is 0 Å². The fourth-order valence-corrected chi connectivity index (χ4v) is 4.27. The third-order valence-electron chi connectivity index (χ3n) is 4.51. The van der Waals surface area contributed by atoms with Crippen LogP contribution < -0.4 is 4.90 Å². The first kappa shape index (κ1) is 16.3. The number of fused-ring (bicyclic) bond motifs is 1. The second-order valence-corrected chi connectivity index (χ2v) is 7.34.